The van der Waals surface area contributed by atoms with Crippen LogP contribution in [0.2, 0.25) is 0 Å². The number of halogens is 1. The molecule has 2 rings (SSSR count). The maximum atomic E-state index is 6.30. The van der Waals surface area contributed by atoms with E-state index in [-0.39, 0.29) is 6.04 Å². The van der Waals surface area contributed by atoms with Crippen molar-refractivity contribution in [3.63, 3.8) is 0 Å². The van der Waals surface area contributed by atoms with E-state index in [1.807, 2.05) is 23.5 Å². The molecule has 0 saturated carbocycles. The molecule has 0 fully saturated rings. The van der Waals surface area contributed by atoms with Gasteiger partial charge in [-0.05, 0) is 62.5 Å². The Balaban J connectivity index is 1.81. The summed E-state index contributed by atoms with van der Waals surface area (Å²) in [6, 6.07) is 13.3. The van der Waals surface area contributed by atoms with Crippen LogP contribution in [0.15, 0.2) is 46.3 Å². The first kappa shape index (κ1) is 16.7. The first-order valence-corrected chi connectivity index (χ1v) is 8.97. The minimum absolute atomic E-state index is 0.0962. The van der Waals surface area contributed by atoms with Crippen molar-refractivity contribution in [3.8, 4) is 0 Å². The third kappa shape index (κ3) is 5.22. The summed E-state index contributed by atoms with van der Waals surface area (Å²) in [6.07, 6.45) is 2.09. The molecule has 2 unspecified atom stereocenters. The normalized spacial score (nSPS) is 14.3. The van der Waals surface area contributed by atoms with E-state index in [0.717, 1.165) is 23.9 Å². The Kier molecular flexibility index (Phi) is 6.42. The first-order chi connectivity index (χ1) is 10.1. The monoisotopic (exact) mass is 366 g/mol. The summed E-state index contributed by atoms with van der Waals surface area (Å²) in [7, 11) is 2.19. The molecule has 1 aromatic heterocycles. The highest BCUT2D eigenvalue weighted by Gasteiger charge is 2.13. The lowest BCUT2D eigenvalue weighted by Crippen LogP contribution is -2.33. The van der Waals surface area contributed by atoms with Crippen LogP contribution < -0.4 is 5.73 Å². The highest BCUT2D eigenvalue weighted by atomic mass is 79.9. The molecule has 1 heterocycles. The molecule has 0 amide bonds. The maximum Gasteiger partial charge on any atom is 0.0307 e. The molecule has 2 atom stereocenters. The molecule has 114 valence electrons. The van der Waals surface area contributed by atoms with Crippen molar-refractivity contribution >= 4 is 27.3 Å². The van der Waals surface area contributed by atoms with E-state index in [2.05, 4.69) is 64.4 Å². The average Bonchev–Trinajstić information content (AvgIpc) is 2.97. The lowest BCUT2D eigenvalue weighted by molar-refractivity contribution is 0.248. The first-order valence-electron chi connectivity index (χ1n) is 7.30. The number of hydrogen-bond acceptors (Lipinski definition) is 3. The van der Waals surface area contributed by atoms with Crippen molar-refractivity contribution in [2.45, 2.75) is 31.8 Å². The van der Waals surface area contributed by atoms with Gasteiger partial charge in [0.1, 0.15) is 0 Å². The van der Waals surface area contributed by atoms with Crippen LogP contribution in [0.3, 0.4) is 0 Å². The molecule has 0 bridgehead atoms. The number of thiophene rings is 1. The van der Waals surface area contributed by atoms with Gasteiger partial charge in [0.2, 0.25) is 0 Å². The minimum Gasteiger partial charge on any atom is -0.324 e. The Labute approximate surface area is 140 Å². The Morgan fingerprint density at radius 2 is 2.10 bits per heavy atom. The molecule has 2 aromatic rings. The lowest BCUT2D eigenvalue weighted by atomic mass is 10.0. The van der Waals surface area contributed by atoms with E-state index in [0.29, 0.717) is 6.04 Å². The zero-order chi connectivity index (χ0) is 15.2. The molecule has 2 nitrogen and oxygen atoms in total. The Bertz CT molecular complexity index is 541. The Morgan fingerprint density at radius 3 is 2.76 bits per heavy atom. The molecule has 0 aliphatic heterocycles. The Hall–Kier alpha value is -0.680. The number of hydrogen-bond donors (Lipinski definition) is 1. The number of benzene rings is 1. The van der Waals surface area contributed by atoms with Gasteiger partial charge in [0.05, 0.1) is 0 Å². The molecular weight excluding hydrogens is 344 g/mol. The zero-order valence-corrected chi connectivity index (χ0v) is 15.0. The van der Waals surface area contributed by atoms with E-state index >= 15 is 0 Å². The van der Waals surface area contributed by atoms with Crippen molar-refractivity contribution in [1.82, 2.24) is 4.90 Å². The van der Waals surface area contributed by atoms with E-state index in [9.17, 15) is 0 Å². The van der Waals surface area contributed by atoms with E-state index in [4.69, 9.17) is 5.73 Å². The third-order valence-electron chi connectivity index (χ3n) is 3.90. The molecular formula is C17H23BrN2S. The quantitative estimate of drug-likeness (QED) is 0.783. The van der Waals surface area contributed by atoms with Crippen LogP contribution in [0, 0.1) is 0 Å². The van der Waals surface area contributed by atoms with Gasteiger partial charge in [0.15, 0.2) is 0 Å². The predicted molar refractivity (Wildman–Crippen MR) is 95.8 cm³/mol. The molecule has 0 radical (unpaired) electrons. The topological polar surface area (TPSA) is 29.3 Å². The number of nitrogens with zero attached hydrogens (tertiary/aromatic N) is 1. The number of nitrogens with two attached hydrogens (primary N) is 1. The average molecular weight is 367 g/mol. The minimum atomic E-state index is 0.0962. The van der Waals surface area contributed by atoms with Gasteiger partial charge in [-0.15, -0.1) is 11.3 Å². The van der Waals surface area contributed by atoms with Crippen LogP contribution in [0.5, 0.6) is 0 Å². The fraction of sp³-hybridized carbons (Fsp3) is 0.412. The second-order valence-corrected chi connectivity index (χ2v) is 7.51. The van der Waals surface area contributed by atoms with Crippen LogP contribution in [0.4, 0.5) is 0 Å². The predicted octanol–water partition coefficient (Wildman–Crippen LogP) is 4.46. The molecule has 21 heavy (non-hydrogen) atoms. The molecule has 1 aromatic carbocycles. The van der Waals surface area contributed by atoms with Gasteiger partial charge in [-0.2, -0.15) is 0 Å². The molecule has 0 aliphatic carbocycles. The van der Waals surface area contributed by atoms with Crippen LogP contribution in [-0.2, 0) is 6.42 Å². The van der Waals surface area contributed by atoms with Crippen molar-refractivity contribution < 1.29 is 0 Å². The largest absolute Gasteiger partial charge is 0.324 e. The molecule has 0 aliphatic rings. The second-order valence-electron chi connectivity index (χ2n) is 5.56. The summed E-state index contributed by atoms with van der Waals surface area (Å²) in [4.78, 5) is 3.85. The fourth-order valence-electron chi connectivity index (χ4n) is 2.34. The van der Waals surface area contributed by atoms with E-state index < -0.39 is 0 Å². The lowest BCUT2D eigenvalue weighted by Gasteiger charge is -2.25. The SMILES string of the molecule is CC(Cc1cccs1)N(C)CCC(N)c1cccc(Br)c1. The van der Waals surface area contributed by atoms with Gasteiger partial charge in [-0.3, -0.25) is 0 Å². The fourth-order valence-corrected chi connectivity index (χ4v) is 3.59. The van der Waals surface area contributed by atoms with Gasteiger partial charge in [0.25, 0.3) is 0 Å². The summed E-state index contributed by atoms with van der Waals surface area (Å²) in [5.41, 5.74) is 7.50. The van der Waals surface area contributed by atoms with E-state index in [1.54, 1.807) is 0 Å². The van der Waals surface area contributed by atoms with Gasteiger partial charge in [0, 0.05) is 21.4 Å². The van der Waals surface area contributed by atoms with Crippen LogP contribution in [0.1, 0.15) is 29.8 Å². The standard InChI is InChI=1S/C17H23BrN2S/c1-13(11-16-7-4-10-21-16)20(2)9-8-17(19)14-5-3-6-15(18)12-14/h3-7,10,12-13,17H,8-9,11,19H2,1-2H3. The number of rotatable bonds is 7. The van der Waals surface area contributed by atoms with Crippen molar-refractivity contribution in [2.24, 2.45) is 5.73 Å². The summed E-state index contributed by atoms with van der Waals surface area (Å²) in [5, 5.41) is 2.14. The summed E-state index contributed by atoms with van der Waals surface area (Å²) in [5.74, 6) is 0. The molecule has 0 spiro atoms. The second kappa shape index (κ2) is 8.08. The highest BCUT2D eigenvalue weighted by molar-refractivity contribution is 9.10. The third-order valence-corrected chi connectivity index (χ3v) is 5.29. The number of likely N-dealkylation sites (N-methyl/N-ethyl adjacent to an activating group) is 1. The summed E-state index contributed by atoms with van der Waals surface area (Å²) in [6.45, 7) is 3.30. The molecule has 0 saturated heterocycles. The van der Waals surface area contributed by atoms with Crippen LogP contribution in [0.25, 0.3) is 0 Å². The maximum absolute atomic E-state index is 6.30. The summed E-state index contributed by atoms with van der Waals surface area (Å²) >= 11 is 5.34. The Morgan fingerprint density at radius 1 is 1.29 bits per heavy atom. The van der Waals surface area contributed by atoms with E-state index in [1.165, 1.54) is 10.4 Å². The molecule has 2 N–H and O–H groups in total. The van der Waals surface area contributed by atoms with Gasteiger partial charge in [-0.25, -0.2) is 0 Å². The van der Waals surface area contributed by atoms with Crippen molar-refractivity contribution in [2.75, 3.05) is 13.6 Å². The zero-order valence-electron chi connectivity index (χ0n) is 12.6. The van der Waals surface area contributed by atoms with Crippen LogP contribution >= 0.6 is 27.3 Å². The molecule has 4 heteroatoms. The van der Waals surface area contributed by atoms with Crippen LogP contribution in [-0.4, -0.2) is 24.5 Å². The van der Waals surface area contributed by atoms with Crippen molar-refractivity contribution in [1.29, 1.82) is 0 Å². The van der Waals surface area contributed by atoms with Crippen molar-refractivity contribution in [3.05, 3.63) is 56.7 Å². The summed E-state index contributed by atoms with van der Waals surface area (Å²) < 4.78 is 1.09. The van der Waals surface area contributed by atoms with Gasteiger partial charge in [-0.1, -0.05) is 34.1 Å². The van der Waals surface area contributed by atoms with Gasteiger partial charge < -0.3 is 10.6 Å². The highest BCUT2D eigenvalue weighted by Crippen LogP contribution is 2.20. The smallest absolute Gasteiger partial charge is 0.0307 e. The van der Waals surface area contributed by atoms with Gasteiger partial charge >= 0.3 is 0 Å².